The molecule has 0 spiro atoms. The Balaban J connectivity index is 1.43. The predicted molar refractivity (Wildman–Crippen MR) is 113 cm³/mol. The van der Waals surface area contributed by atoms with Gasteiger partial charge in [-0.15, -0.1) is 10.2 Å². The fourth-order valence-electron chi connectivity index (χ4n) is 2.61. The van der Waals surface area contributed by atoms with Crippen LogP contribution >= 0.6 is 23.4 Å². The predicted octanol–water partition coefficient (Wildman–Crippen LogP) is 4.96. The number of halogens is 1. The van der Waals surface area contributed by atoms with Crippen LogP contribution in [0.15, 0.2) is 58.2 Å². The van der Waals surface area contributed by atoms with Crippen molar-refractivity contribution in [3.63, 3.8) is 0 Å². The maximum absolute atomic E-state index is 12.0. The van der Waals surface area contributed by atoms with E-state index >= 15 is 0 Å². The summed E-state index contributed by atoms with van der Waals surface area (Å²) < 4.78 is 5.58. The summed E-state index contributed by atoms with van der Waals surface area (Å²) in [5, 5.41) is 11.8. The standard InChI is InChI=1S/C21H22ClN3O2S/c1-14(2)16-9-7-15(8-10-16)11-12-23-19(26)13-28-21-25-24-20(27-21)17-5-3-4-6-18(17)22/h3-10,14H,11-13H2,1-2H3,(H,23,26). The first-order valence-electron chi connectivity index (χ1n) is 9.09. The van der Waals surface area contributed by atoms with Crippen LogP contribution in [0.1, 0.15) is 30.9 Å². The van der Waals surface area contributed by atoms with Gasteiger partial charge in [-0.2, -0.15) is 0 Å². The van der Waals surface area contributed by atoms with Crippen LogP contribution in [-0.2, 0) is 11.2 Å². The molecule has 0 saturated carbocycles. The summed E-state index contributed by atoms with van der Waals surface area (Å²) in [6.07, 6.45) is 0.798. The van der Waals surface area contributed by atoms with Gasteiger partial charge in [-0.25, -0.2) is 0 Å². The smallest absolute Gasteiger partial charge is 0.277 e. The SMILES string of the molecule is CC(C)c1ccc(CCNC(=O)CSc2nnc(-c3ccccc3Cl)o2)cc1. The summed E-state index contributed by atoms with van der Waals surface area (Å²) in [5.41, 5.74) is 3.20. The summed E-state index contributed by atoms with van der Waals surface area (Å²) in [5.74, 6) is 1.02. The van der Waals surface area contributed by atoms with Crippen molar-refractivity contribution in [2.45, 2.75) is 31.4 Å². The molecule has 0 radical (unpaired) electrons. The van der Waals surface area contributed by atoms with Crippen LogP contribution in [0.3, 0.4) is 0 Å². The van der Waals surface area contributed by atoms with Gasteiger partial charge in [0.2, 0.25) is 11.8 Å². The molecule has 0 aliphatic heterocycles. The average Bonchev–Trinajstić information content (AvgIpc) is 3.16. The summed E-state index contributed by atoms with van der Waals surface area (Å²) in [6.45, 7) is 4.94. The van der Waals surface area contributed by atoms with Crippen LogP contribution in [0.2, 0.25) is 5.02 Å². The Hall–Kier alpha value is -2.31. The van der Waals surface area contributed by atoms with E-state index < -0.39 is 0 Å². The highest BCUT2D eigenvalue weighted by Gasteiger charge is 2.13. The lowest BCUT2D eigenvalue weighted by atomic mass is 10.0. The molecule has 0 aliphatic rings. The molecule has 3 rings (SSSR count). The number of carbonyl (C=O) groups is 1. The monoisotopic (exact) mass is 415 g/mol. The molecule has 0 fully saturated rings. The van der Waals surface area contributed by atoms with Crippen molar-refractivity contribution in [3.8, 4) is 11.5 Å². The van der Waals surface area contributed by atoms with E-state index in [0.717, 1.165) is 6.42 Å². The van der Waals surface area contributed by atoms with Gasteiger partial charge in [0, 0.05) is 6.54 Å². The van der Waals surface area contributed by atoms with Gasteiger partial charge in [-0.1, -0.05) is 73.6 Å². The van der Waals surface area contributed by atoms with E-state index in [1.165, 1.54) is 22.9 Å². The van der Waals surface area contributed by atoms with E-state index in [4.69, 9.17) is 16.0 Å². The zero-order valence-electron chi connectivity index (χ0n) is 15.8. The number of hydrogen-bond acceptors (Lipinski definition) is 5. The zero-order valence-corrected chi connectivity index (χ0v) is 17.4. The molecule has 0 bridgehead atoms. The molecular weight excluding hydrogens is 394 g/mol. The van der Waals surface area contributed by atoms with E-state index in [0.29, 0.717) is 34.2 Å². The van der Waals surface area contributed by atoms with Crippen molar-refractivity contribution in [3.05, 3.63) is 64.7 Å². The first-order valence-corrected chi connectivity index (χ1v) is 10.5. The number of nitrogens with zero attached hydrogens (tertiary/aromatic N) is 2. The van der Waals surface area contributed by atoms with Gasteiger partial charge >= 0.3 is 0 Å². The minimum absolute atomic E-state index is 0.0682. The lowest BCUT2D eigenvalue weighted by Crippen LogP contribution is -2.27. The molecule has 0 unspecified atom stereocenters. The molecule has 1 N–H and O–H groups in total. The van der Waals surface area contributed by atoms with Crippen LogP contribution in [0.4, 0.5) is 0 Å². The highest BCUT2D eigenvalue weighted by atomic mass is 35.5. The molecule has 146 valence electrons. The van der Waals surface area contributed by atoms with E-state index in [-0.39, 0.29) is 11.7 Å². The molecule has 28 heavy (non-hydrogen) atoms. The molecule has 1 heterocycles. The number of benzene rings is 2. The fourth-order valence-corrected chi connectivity index (χ4v) is 3.41. The third-order valence-corrected chi connectivity index (χ3v) is 5.37. The lowest BCUT2D eigenvalue weighted by Gasteiger charge is -2.07. The highest BCUT2D eigenvalue weighted by molar-refractivity contribution is 7.99. The van der Waals surface area contributed by atoms with Gasteiger partial charge < -0.3 is 9.73 Å². The van der Waals surface area contributed by atoms with Crippen LogP contribution in [0.5, 0.6) is 0 Å². The van der Waals surface area contributed by atoms with E-state index in [1.807, 2.05) is 18.2 Å². The number of thioether (sulfide) groups is 1. The second-order valence-corrected chi connectivity index (χ2v) is 7.97. The van der Waals surface area contributed by atoms with Gasteiger partial charge in [0.15, 0.2) is 0 Å². The van der Waals surface area contributed by atoms with Crippen molar-refractivity contribution in [2.75, 3.05) is 12.3 Å². The minimum atomic E-state index is -0.0682. The van der Waals surface area contributed by atoms with Gasteiger partial charge in [0.05, 0.1) is 16.3 Å². The molecule has 0 saturated heterocycles. The topological polar surface area (TPSA) is 68.0 Å². The number of amides is 1. The van der Waals surface area contributed by atoms with Crippen LogP contribution in [0, 0.1) is 0 Å². The van der Waals surface area contributed by atoms with Crippen molar-refractivity contribution in [1.29, 1.82) is 0 Å². The normalized spacial score (nSPS) is 11.0. The van der Waals surface area contributed by atoms with E-state index in [2.05, 4.69) is 53.6 Å². The number of aromatic nitrogens is 2. The largest absolute Gasteiger partial charge is 0.411 e. The van der Waals surface area contributed by atoms with Gasteiger partial charge in [0.25, 0.3) is 5.22 Å². The number of hydrogen-bond donors (Lipinski definition) is 1. The second kappa shape index (κ2) is 9.75. The van der Waals surface area contributed by atoms with Crippen molar-refractivity contribution in [1.82, 2.24) is 15.5 Å². The Labute approximate surface area is 173 Å². The molecule has 2 aromatic carbocycles. The summed E-state index contributed by atoms with van der Waals surface area (Å²) in [4.78, 5) is 12.0. The molecule has 1 amide bonds. The Kier molecular flexibility index (Phi) is 7.12. The third kappa shape index (κ3) is 5.59. The molecule has 3 aromatic rings. The molecule has 5 nitrogen and oxygen atoms in total. The van der Waals surface area contributed by atoms with Crippen LogP contribution in [0.25, 0.3) is 11.5 Å². The average molecular weight is 416 g/mol. The van der Waals surface area contributed by atoms with E-state index in [1.54, 1.807) is 6.07 Å². The molecule has 0 aliphatic carbocycles. The Morgan fingerprint density at radius 3 is 2.61 bits per heavy atom. The van der Waals surface area contributed by atoms with Crippen LogP contribution < -0.4 is 5.32 Å². The van der Waals surface area contributed by atoms with Gasteiger partial charge in [-0.3, -0.25) is 4.79 Å². The Morgan fingerprint density at radius 1 is 1.14 bits per heavy atom. The Morgan fingerprint density at radius 2 is 1.89 bits per heavy atom. The molecule has 1 aromatic heterocycles. The van der Waals surface area contributed by atoms with Crippen LogP contribution in [-0.4, -0.2) is 28.4 Å². The van der Waals surface area contributed by atoms with E-state index in [9.17, 15) is 4.79 Å². The number of nitrogens with one attached hydrogen (secondary N) is 1. The fraction of sp³-hybridized carbons (Fsp3) is 0.286. The summed E-state index contributed by atoms with van der Waals surface area (Å²) >= 11 is 7.33. The quantitative estimate of drug-likeness (QED) is 0.526. The minimum Gasteiger partial charge on any atom is -0.411 e. The maximum atomic E-state index is 12.0. The zero-order chi connectivity index (χ0) is 19.9. The highest BCUT2D eigenvalue weighted by Crippen LogP contribution is 2.28. The lowest BCUT2D eigenvalue weighted by molar-refractivity contribution is -0.118. The van der Waals surface area contributed by atoms with Gasteiger partial charge in [0.1, 0.15) is 0 Å². The van der Waals surface area contributed by atoms with Crippen molar-refractivity contribution < 1.29 is 9.21 Å². The molecular formula is C21H22ClN3O2S. The maximum Gasteiger partial charge on any atom is 0.277 e. The summed E-state index contributed by atoms with van der Waals surface area (Å²) in [7, 11) is 0. The summed E-state index contributed by atoms with van der Waals surface area (Å²) in [6, 6.07) is 15.8. The Bertz CT molecular complexity index is 925. The first kappa shape index (κ1) is 20.4. The first-order chi connectivity index (χ1) is 13.5. The second-order valence-electron chi connectivity index (χ2n) is 6.64. The van der Waals surface area contributed by atoms with Gasteiger partial charge in [-0.05, 0) is 35.6 Å². The van der Waals surface area contributed by atoms with Crippen molar-refractivity contribution in [2.24, 2.45) is 0 Å². The molecule has 0 atom stereocenters. The number of rotatable bonds is 8. The number of carbonyl (C=O) groups excluding carboxylic acids is 1. The molecule has 7 heteroatoms. The van der Waals surface area contributed by atoms with Crippen molar-refractivity contribution >= 4 is 29.3 Å². The third-order valence-electron chi connectivity index (χ3n) is 4.22.